The molecule has 1 N–H and O–H groups in total. The molecule has 1 atom stereocenters. The third-order valence-corrected chi connectivity index (χ3v) is 7.72. The Bertz CT molecular complexity index is 1210. The molecule has 0 spiro atoms. The summed E-state index contributed by atoms with van der Waals surface area (Å²) in [4.78, 5) is 18.2. The van der Waals surface area contributed by atoms with E-state index < -0.39 is 39.5 Å². The van der Waals surface area contributed by atoms with Crippen molar-refractivity contribution in [2.24, 2.45) is 5.92 Å². The van der Waals surface area contributed by atoms with Crippen LogP contribution in [0.25, 0.3) is 0 Å². The van der Waals surface area contributed by atoms with Crippen molar-refractivity contribution in [1.82, 2.24) is 10.3 Å². The van der Waals surface area contributed by atoms with E-state index in [9.17, 15) is 30.8 Å². The Morgan fingerprint density at radius 2 is 1.89 bits per heavy atom. The van der Waals surface area contributed by atoms with Crippen LogP contribution in [0.3, 0.4) is 0 Å². The molecule has 1 unspecified atom stereocenters. The highest BCUT2D eigenvalue weighted by Crippen LogP contribution is 2.33. The highest BCUT2D eigenvalue weighted by Gasteiger charge is 2.34. The van der Waals surface area contributed by atoms with Crippen molar-refractivity contribution >= 4 is 27.3 Å². The zero-order valence-electron chi connectivity index (χ0n) is 20.6. The van der Waals surface area contributed by atoms with E-state index in [-0.39, 0.29) is 12.2 Å². The molecule has 1 aromatic heterocycles. The molecule has 7 nitrogen and oxygen atoms in total. The molecule has 0 radical (unpaired) electrons. The van der Waals surface area contributed by atoms with Gasteiger partial charge in [-0.15, -0.1) is 0 Å². The number of carbonyl (C=O) groups is 1. The van der Waals surface area contributed by atoms with Crippen molar-refractivity contribution < 1.29 is 30.8 Å². The minimum absolute atomic E-state index is 0.0485. The van der Waals surface area contributed by atoms with E-state index in [1.807, 2.05) is 4.90 Å². The van der Waals surface area contributed by atoms with Gasteiger partial charge in [0.05, 0.1) is 17.9 Å². The van der Waals surface area contributed by atoms with Crippen LogP contribution in [0.4, 0.5) is 28.9 Å². The van der Waals surface area contributed by atoms with E-state index in [1.165, 1.54) is 19.2 Å². The number of hydrogen-bond donors (Lipinski definition) is 1. The van der Waals surface area contributed by atoms with Crippen LogP contribution in [0.1, 0.15) is 49.4 Å². The maximum Gasteiger partial charge on any atom is 0.433 e. The second-order valence-corrected chi connectivity index (χ2v) is 11.3. The number of alkyl halides is 3. The van der Waals surface area contributed by atoms with E-state index in [4.69, 9.17) is 0 Å². The average molecular weight is 531 g/mol. The first-order valence-electron chi connectivity index (χ1n) is 11.5. The van der Waals surface area contributed by atoms with Crippen molar-refractivity contribution in [3.05, 3.63) is 53.1 Å². The number of piperidine rings is 1. The summed E-state index contributed by atoms with van der Waals surface area (Å²) in [5.41, 5.74) is 0.0246. The first kappa shape index (κ1) is 27.7. The molecule has 198 valence electrons. The SMILES string of the molecule is CC1CCN(c2cc(C(F)(F)F)ncc2CNC(=O)C(C)c2ccc(N(C)S(C)(=O)=O)c(F)c2)CC1. The Kier molecular flexibility index (Phi) is 8.17. The smallest absolute Gasteiger partial charge is 0.371 e. The number of halogens is 4. The summed E-state index contributed by atoms with van der Waals surface area (Å²) in [6.45, 7) is 4.82. The van der Waals surface area contributed by atoms with Gasteiger partial charge in [0, 0.05) is 44.1 Å². The number of nitrogens with one attached hydrogen (secondary N) is 1. The van der Waals surface area contributed by atoms with Gasteiger partial charge in [-0.25, -0.2) is 12.8 Å². The van der Waals surface area contributed by atoms with Gasteiger partial charge in [0.2, 0.25) is 15.9 Å². The predicted molar refractivity (Wildman–Crippen MR) is 130 cm³/mol. The minimum atomic E-state index is -4.59. The van der Waals surface area contributed by atoms with E-state index in [2.05, 4.69) is 17.2 Å². The van der Waals surface area contributed by atoms with Gasteiger partial charge in [-0.3, -0.25) is 14.1 Å². The van der Waals surface area contributed by atoms with Crippen LogP contribution in [0, 0.1) is 11.7 Å². The number of nitrogens with zero attached hydrogens (tertiary/aromatic N) is 3. The largest absolute Gasteiger partial charge is 0.433 e. The molecule has 36 heavy (non-hydrogen) atoms. The van der Waals surface area contributed by atoms with Crippen LogP contribution < -0.4 is 14.5 Å². The number of sulfonamides is 1. The molecule has 12 heteroatoms. The van der Waals surface area contributed by atoms with Crippen molar-refractivity contribution in [2.45, 2.75) is 45.3 Å². The van der Waals surface area contributed by atoms with Crippen molar-refractivity contribution in [3.8, 4) is 0 Å². The fourth-order valence-electron chi connectivity index (χ4n) is 4.02. The van der Waals surface area contributed by atoms with Gasteiger partial charge in [-0.05, 0) is 49.4 Å². The number of rotatable bonds is 7. The van der Waals surface area contributed by atoms with E-state index in [1.54, 1.807) is 6.92 Å². The highest BCUT2D eigenvalue weighted by molar-refractivity contribution is 7.92. The number of anilines is 2. The number of amides is 1. The fraction of sp³-hybridized carbons (Fsp3) is 0.500. The van der Waals surface area contributed by atoms with Crippen LogP contribution in [0.2, 0.25) is 0 Å². The van der Waals surface area contributed by atoms with Crippen LogP contribution in [0.5, 0.6) is 0 Å². The maximum absolute atomic E-state index is 14.6. The van der Waals surface area contributed by atoms with Crippen LogP contribution in [-0.2, 0) is 27.5 Å². The van der Waals surface area contributed by atoms with Gasteiger partial charge in [-0.2, -0.15) is 13.2 Å². The molecular formula is C24H30F4N4O3S. The second kappa shape index (κ2) is 10.6. The summed E-state index contributed by atoms with van der Waals surface area (Å²) in [5, 5.41) is 2.71. The Morgan fingerprint density at radius 1 is 1.25 bits per heavy atom. The van der Waals surface area contributed by atoms with Crippen molar-refractivity contribution in [1.29, 1.82) is 0 Å². The molecule has 1 aliphatic rings. The molecule has 3 rings (SSSR count). The second-order valence-electron chi connectivity index (χ2n) is 9.25. The predicted octanol–water partition coefficient (Wildman–Crippen LogP) is 4.29. The molecule has 2 aromatic rings. The Balaban J connectivity index is 1.77. The molecule has 1 aromatic carbocycles. The molecule has 1 fully saturated rings. The lowest BCUT2D eigenvalue weighted by Gasteiger charge is -2.33. The lowest BCUT2D eigenvalue weighted by atomic mass is 9.98. The number of aromatic nitrogens is 1. The third-order valence-electron chi connectivity index (χ3n) is 6.53. The van der Waals surface area contributed by atoms with E-state index in [0.717, 1.165) is 41.7 Å². The van der Waals surface area contributed by atoms with Gasteiger partial charge in [0.1, 0.15) is 11.5 Å². The topological polar surface area (TPSA) is 82.6 Å². The summed E-state index contributed by atoms with van der Waals surface area (Å²) in [6.07, 6.45) is -0.803. The van der Waals surface area contributed by atoms with E-state index >= 15 is 0 Å². The summed E-state index contributed by atoms with van der Waals surface area (Å²) in [6, 6.07) is 4.86. The van der Waals surface area contributed by atoms with Crippen molar-refractivity contribution in [2.75, 3.05) is 35.6 Å². The number of hydrogen-bond acceptors (Lipinski definition) is 5. The Hall–Kier alpha value is -2.89. The van der Waals surface area contributed by atoms with Gasteiger partial charge < -0.3 is 10.2 Å². The minimum Gasteiger partial charge on any atom is -0.371 e. The lowest BCUT2D eigenvalue weighted by Crippen LogP contribution is -2.35. The Labute approximate surface area is 208 Å². The standard InChI is InChI=1S/C24H30F4N4O3S/c1-15-7-9-32(10-8-15)21-12-22(24(26,27)28)29-13-18(21)14-30-23(33)16(2)17-5-6-20(19(25)11-17)31(3)36(4,34)35/h5-6,11-13,15-16H,7-10,14H2,1-4H3,(H,30,33). The third kappa shape index (κ3) is 6.45. The molecule has 1 amide bonds. The number of carbonyl (C=O) groups excluding carboxylic acids is 1. The fourth-order valence-corrected chi connectivity index (χ4v) is 4.53. The Morgan fingerprint density at radius 3 is 2.44 bits per heavy atom. The number of benzene rings is 1. The first-order valence-corrected chi connectivity index (χ1v) is 13.4. The molecular weight excluding hydrogens is 500 g/mol. The molecule has 1 aliphatic heterocycles. The monoisotopic (exact) mass is 530 g/mol. The first-order chi connectivity index (χ1) is 16.7. The molecule has 0 saturated carbocycles. The highest BCUT2D eigenvalue weighted by atomic mass is 32.2. The van der Waals surface area contributed by atoms with Gasteiger partial charge >= 0.3 is 6.18 Å². The average Bonchev–Trinajstić information content (AvgIpc) is 2.80. The maximum atomic E-state index is 14.6. The summed E-state index contributed by atoms with van der Waals surface area (Å²) >= 11 is 0. The lowest BCUT2D eigenvalue weighted by molar-refractivity contribution is -0.141. The zero-order chi connectivity index (χ0) is 26.8. The summed E-state index contributed by atoms with van der Waals surface area (Å²) in [5.74, 6) is -1.57. The summed E-state index contributed by atoms with van der Waals surface area (Å²) < 4.78 is 78.6. The molecule has 2 heterocycles. The van der Waals surface area contributed by atoms with E-state index in [0.29, 0.717) is 35.8 Å². The van der Waals surface area contributed by atoms with Crippen LogP contribution >= 0.6 is 0 Å². The van der Waals surface area contributed by atoms with Crippen LogP contribution in [-0.4, -0.2) is 45.7 Å². The molecule has 0 aliphatic carbocycles. The number of pyridine rings is 1. The van der Waals surface area contributed by atoms with Gasteiger partial charge in [0.15, 0.2) is 0 Å². The summed E-state index contributed by atoms with van der Waals surface area (Å²) in [7, 11) is -2.44. The van der Waals surface area contributed by atoms with Gasteiger partial charge in [0.25, 0.3) is 0 Å². The van der Waals surface area contributed by atoms with Crippen LogP contribution in [0.15, 0.2) is 30.5 Å². The molecule has 0 bridgehead atoms. The zero-order valence-corrected chi connectivity index (χ0v) is 21.4. The normalized spacial score (nSPS) is 16.1. The van der Waals surface area contributed by atoms with Crippen molar-refractivity contribution in [3.63, 3.8) is 0 Å². The van der Waals surface area contributed by atoms with Gasteiger partial charge in [-0.1, -0.05) is 13.0 Å². The molecule has 1 saturated heterocycles. The quantitative estimate of drug-likeness (QED) is 0.540.